The topological polar surface area (TPSA) is 34.4 Å². The largest absolute Gasteiger partial charge is 0.491 e. The van der Waals surface area contributed by atoms with Crippen molar-refractivity contribution < 1.29 is 9.15 Å². The summed E-state index contributed by atoms with van der Waals surface area (Å²) in [5, 5.41) is 3.49. The lowest BCUT2D eigenvalue weighted by atomic mass is 9.89. The highest BCUT2D eigenvalue weighted by Gasteiger charge is 2.13. The van der Waals surface area contributed by atoms with Gasteiger partial charge >= 0.3 is 0 Å². The molecule has 1 aromatic heterocycles. The first-order valence-corrected chi connectivity index (χ1v) is 9.54. The number of ether oxygens (including phenoxy) is 1. The molecule has 0 radical (unpaired) electrons. The van der Waals surface area contributed by atoms with Crippen molar-refractivity contribution in [3.8, 4) is 5.75 Å². The molecule has 0 saturated carbocycles. The van der Waals surface area contributed by atoms with Crippen LogP contribution < -0.4 is 10.1 Å². The third kappa shape index (κ3) is 7.35. The molecule has 0 unspecified atom stereocenters. The van der Waals surface area contributed by atoms with Gasteiger partial charge in [0, 0.05) is 0 Å². The van der Waals surface area contributed by atoms with Gasteiger partial charge in [-0.15, -0.1) is 0 Å². The zero-order valence-electron chi connectivity index (χ0n) is 16.1. The lowest BCUT2D eigenvalue weighted by molar-refractivity contribution is 0.242. The van der Waals surface area contributed by atoms with Crippen molar-refractivity contribution in [2.75, 3.05) is 6.54 Å². The Morgan fingerprint density at radius 2 is 1.72 bits per heavy atom. The molecule has 1 N–H and O–H groups in total. The van der Waals surface area contributed by atoms with E-state index >= 15 is 0 Å². The summed E-state index contributed by atoms with van der Waals surface area (Å²) >= 11 is 0. The summed E-state index contributed by atoms with van der Waals surface area (Å²) in [5.74, 6) is 3.27. The van der Waals surface area contributed by atoms with Gasteiger partial charge in [-0.1, -0.05) is 32.4 Å². The van der Waals surface area contributed by atoms with Gasteiger partial charge in [-0.2, -0.15) is 0 Å². The molecule has 25 heavy (non-hydrogen) atoms. The van der Waals surface area contributed by atoms with E-state index in [1.165, 1.54) is 18.4 Å². The molecule has 0 amide bonds. The van der Waals surface area contributed by atoms with Gasteiger partial charge in [-0.25, -0.2) is 0 Å². The number of rotatable bonds is 11. The second-order valence-corrected chi connectivity index (χ2v) is 7.45. The average molecular weight is 344 g/mol. The first kappa shape index (κ1) is 19.6. The van der Waals surface area contributed by atoms with E-state index in [1.807, 2.05) is 12.1 Å². The molecule has 2 rings (SSSR count). The fourth-order valence-electron chi connectivity index (χ4n) is 3.00. The summed E-state index contributed by atoms with van der Waals surface area (Å²) in [5.41, 5.74) is 1.41. The van der Waals surface area contributed by atoms with Crippen molar-refractivity contribution >= 4 is 0 Å². The van der Waals surface area contributed by atoms with Crippen LogP contribution in [0, 0.1) is 5.92 Å². The first-order chi connectivity index (χ1) is 12.0. The zero-order valence-corrected chi connectivity index (χ0v) is 16.1. The Morgan fingerprint density at radius 3 is 2.32 bits per heavy atom. The van der Waals surface area contributed by atoms with Crippen LogP contribution in [0.1, 0.15) is 64.2 Å². The number of hydrogen-bond donors (Lipinski definition) is 1. The van der Waals surface area contributed by atoms with Crippen molar-refractivity contribution in [3.05, 3.63) is 54.0 Å². The molecule has 2 aromatic rings. The van der Waals surface area contributed by atoms with Crippen LogP contribution in [0.25, 0.3) is 0 Å². The highest BCUT2D eigenvalue weighted by atomic mass is 16.5. The van der Waals surface area contributed by atoms with Gasteiger partial charge in [0.2, 0.25) is 0 Å². The summed E-state index contributed by atoms with van der Waals surface area (Å²) in [6.07, 6.45) is 5.56. The Labute approximate surface area is 152 Å². The molecule has 0 bridgehead atoms. The molecule has 1 atom stereocenters. The van der Waals surface area contributed by atoms with Crippen LogP contribution in [0.4, 0.5) is 0 Å². The normalized spacial score (nSPS) is 12.7. The van der Waals surface area contributed by atoms with Crippen LogP contribution >= 0.6 is 0 Å². The van der Waals surface area contributed by atoms with Gasteiger partial charge in [-0.3, -0.25) is 0 Å². The van der Waals surface area contributed by atoms with Gasteiger partial charge in [0.25, 0.3) is 0 Å². The average Bonchev–Trinajstić information content (AvgIpc) is 3.08. The molecule has 0 fully saturated rings. The molecule has 1 aromatic carbocycles. The van der Waals surface area contributed by atoms with Crippen molar-refractivity contribution in [1.29, 1.82) is 0 Å². The highest BCUT2D eigenvalue weighted by Crippen LogP contribution is 2.28. The molecule has 1 heterocycles. The van der Waals surface area contributed by atoms with E-state index in [4.69, 9.17) is 9.15 Å². The minimum absolute atomic E-state index is 0.216. The molecule has 3 heteroatoms. The third-order valence-corrected chi connectivity index (χ3v) is 4.36. The molecular weight excluding hydrogens is 310 g/mol. The Balaban J connectivity index is 1.89. The minimum atomic E-state index is 0.216. The molecular formula is C22H33NO2. The number of hydrogen-bond acceptors (Lipinski definition) is 3. The maximum atomic E-state index is 5.76. The Kier molecular flexibility index (Phi) is 8.07. The Hall–Kier alpha value is -1.74. The lowest BCUT2D eigenvalue weighted by Gasteiger charge is -2.19. The van der Waals surface area contributed by atoms with Gasteiger partial charge in [0.1, 0.15) is 11.5 Å². The SMILES string of the molecule is CC(C)CC[C@H](CCNCc1ccco1)c1ccc(OC(C)C)cc1. The lowest BCUT2D eigenvalue weighted by Crippen LogP contribution is -2.17. The van der Waals surface area contributed by atoms with Crippen LogP contribution in [0.15, 0.2) is 47.1 Å². The van der Waals surface area contributed by atoms with Crippen LogP contribution in [-0.2, 0) is 6.54 Å². The smallest absolute Gasteiger partial charge is 0.119 e. The van der Waals surface area contributed by atoms with Crippen LogP contribution in [0.5, 0.6) is 5.75 Å². The Morgan fingerprint density at radius 1 is 0.960 bits per heavy atom. The molecule has 138 valence electrons. The van der Waals surface area contributed by atoms with Crippen molar-refractivity contribution in [3.63, 3.8) is 0 Å². The predicted molar refractivity (Wildman–Crippen MR) is 104 cm³/mol. The molecule has 0 spiro atoms. The summed E-state index contributed by atoms with van der Waals surface area (Å²) in [4.78, 5) is 0. The maximum Gasteiger partial charge on any atom is 0.119 e. The highest BCUT2D eigenvalue weighted by molar-refractivity contribution is 5.29. The Bertz CT molecular complexity index is 573. The van der Waals surface area contributed by atoms with E-state index < -0.39 is 0 Å². The summed E-state index contributed by atoms with van der Waals surface area (Å²) < 4.78 is 11.1. The van der Waals surface area contributed by atoms with Crippen LogP contribution in [0.2, 0.25) is 0 Å². The van der Waals surface area contributed by atoms with E-state index in [9.17, 15) is 0 Å². The van der Waals surface area contributed by atoms with E-state index in [1.54, 1.807) is 6.26 Å². The minimum Gasteiger partial charge on any atom is -0.491 e. The second-order valence-electron chi connectivity index (χ2n) is 7.45. The zero-order chi connectivity index (χ0) is 18.1. The van der Waals surface area contributed by atoms with E-state index in [0.29, 0.717) is 5.92 Å². The van der Waals surface area contributed by atoms with Gasteiger partial charge in [-0.05, 0) is 74.9 Å². The third-order valence-electron chi connectivity index (χ3n) is 4.36. The van der Waals surface area contributed by atoms with Crippen molar-refractivity contribution in [2.45, 2.75) is 65.5 Å². The molecule has 0 aliphatic rings. The predicted octanol–water partition coefficient (Wildman–Crippen LogP) is 5.77. The van der Waals surface area contributed by atoms with Crippen molar-refractivity contribution in [1.82, 2.24) is 5.32 Å². The van der Waals surface area contributed by atoms with Crippen LogP contribution in [-0.4, -0.2) is 12.6 Å². The first-order valence-electron chi connectivity index (χ1n) is 9.54. The van der Waals surface area contributed by atoms with Crippen LogP contribution in [0.3, 0.4) is 0 Å². The van der Waals surface area contributed by atoms with E-state index in [-0.39, 0.29) is 6.10 Å². The molecule has 0 saturated heterocycles. The van der Waals surface area contributed by atoms with Gasteiger partial charge < -0.3 is 14.5 Å². The quantitative estimate of drug-likeness (QED) is 0.526. The van der Waals surface area contributed by atoms with Crippen molar-refractivity contribution in [2.24, 2.45) is 5.92 Å². The van der Waals surface area contributed by atoms with E-state index in [0.717, 1.165) is 36.9 Å². The van der Waals surface area contributed by atoms with Gasteiger partial charge in [0.15, 0.2) is 0 Å². The monoisotopic (exact) mass is 343 g/mol. The number of furan rings is 1. The number of nitrogens with one attached hydrogen (secondary N) is 1. The maximum absolute atomic E-state index is 5.76. The fourth-order valence-corrected chi connectivity index (χ4v) is 3.00. The summed E-state index contributed by atoms with van der Waals surface area (Å²) in [7, 11) is 0. The fraction of sp³-hybridized carbons (Fsp3) is 0.545. The van der Waals surface area contributed by atoms with Gasteiger partial charge in [0.05, 0.1) is 18.9 Å². The summed E-state index contributed by atoms with van der Waals surface area (Å²) in [6, 6.07) is 12.6. The standard InChI is InChI=1S/C22H33NO2/c1-17(2)7-8-20(13-14-23-16-22-6-5-15-24-22)19-9-11-21(12-10-19)25-18(3)4/h5-6,9-12,15,17-18,20,23H,7-8,13-14,16H2,1-4H3/t20-/m1/s1. The molecule has 0 aliphatic carbocycles. The van der Waals surface area contributed by atoms with E-state index in [2.05, 4.69) is 57.3 Å². The second kappa shape index (κ2) is 10.3. The molecule has 3 nitrogen and oxygen atoms in total. The molecule has 0 aliphatic heterocycles. The number of benzene rings is 1. The summed E-state index contributed by atoms with van der Waals surface area (Å²) in [6.45, 7) is 10.5.